The summed E-state index contributed by atoms with van der Waals surface area (Å²) in [5, 5.41) is 9.83. The smallest absolute Gasteiger partial charge is 0.336 e. The van der Waals surface area contributed by atoms with Gasteiger partial charge in [-0.25, -0.2) is 9.78 Å². The number of aromatic nitrogens is 2. The topological polar surface area (TPSA) is 55.1 Å². The van der Waals surface area contributed by atoms with Gasteiger partial charge in [-0.1, -0.05) is 66.2 Å². The summed E-state index contributed by atoms with van der Waals surface area (Å²) in [6, 6.07) is 14.9. The van der Waals surface area contributed by atoms with Crippen LogP contribution in [0, 0.1) is 0 Å². The molecule has 4 nitrogen and oxygen atoms in total. The molecule has 3 aromatic rings. The van der Waals surface area contributed by atoms with E-state index in [0.29, 0.717) is 22.8 Å². The van der Waals surface area contributed by atoms with Gasteiger partial charge in [-0.2, -0.15) is 0 Å². The van der Waals surface area contributed by atoms with E-state index in [0.717, 1.165) is 23.4 Å². The molecule has 0 unspecified atom stereocenters. The van der Waals surface area contributed by atoms with Crippen LogP contribution in [0.2, 0.25) is 5.15 Å². The van der Waals surface area contributed by atoms with Crippen molar-refractivity contribution in [2.75, 3.05) is 0 Å². The van der Waals surface area contributed by atoms with E-state index in [1.165, 1.54) is 0 Å². The summed E-state index contributed by atoms with van der Waals surface area (Å²) in [4.78, 5) is 15.8. The third-order valence-electron chi connectivity index (χ3n) is 4.14. The number of allylic oxidation sites excluding steroid dienone is 2. The molecule has 0 bridgehead atoms. The average molecular weight is 367 g/mol. The molecule has 0 aliphatic heterocycles. The quantitative estimate of drug-likeness (QED) is 0.620. The molecule has 1 N–H and O–H groups in total. The summed E-state index contributed by atoms with van der Waals surface area (Å²) in [6.07, 6.45) is 6.59. The van der Waals surface area contributed by atoms with Crippen molar-refractivity contribution >= 4 is 17.6 Å². The second kappa shape index (κ2) is 8.02. The van der Waals surface area contributed by atoms with Crippen molar-refractivity contribution in [1.29, 1.82) is 0 Å². The largest absolute Gasteiger partial charge is 0.478 e. The highest BCUT2D eigenvalue weighted by Gasteiger charge is 2.11. The second-order valence-corrected chi connectivity index (χ2v) is 6.32. The van der Waals surface area contributed by atoms with E-state index in [-0.39, 0.29) is 0 Å². The minimum Gasteiger partial charge on any atom is -0.478 e. The number of hydrogen-bond acceptors (Lipinski definition) is 2. The number of halogens is 1. The molecule has 26 heavy (non-hydrogen) atoms. The first-order valence-electron chi connectivity index (χ1n) is 8.33. The van der Waals surface area contributed by atoms with Gasteiger partial charge < -0.3 is 9.67 Å². The number of carboxylic acid groups (broad SMARTS) is 1. The third kappa shape index (κ3) is 4.03. The molecule has 0 fully saturated rings. The van der Waals surface area contributed by atoms with Crippen molar-refractivity contribution in [1.82, 2.24) is 9.55 Å². The summed E-state index contributed by atoms with van der Waals surface area (Å²) in [6.45, 7) is 2.63. The fourth-order valence-corrected chi connectivity index (χ4v) is 3.07. The van der Waals surface area contributed by atoms with Crippen LogP contribution in [-0.2, 0) is 13.0 Å². The zero-order valence-electron chi connectivity index (χ0n) is 14.4. The van der Waals surface area contributed by atoms with E-state index in [1.54, 1.807) is 12.1 Å². The molecule has 3 rings (SSSR count). The molecule has 0 aliphatic rings. The number of nitrogens with zero attached hydrogens (tertiary/aromatic N) is 2. The van der Waals surface area contributed by atoms with Crippen molar-refractivity contribution in [3.05, 3.63) is 89.0 Å². The maximum Gasteiger partial charge on any atom is 0.336 e. The van der Waals surface area contributed by atoms with Crippen LogP contribution in [0.5, 0.6) is 0 Å². The summed E-state index contributed by atoms with van der Waals surface area (Å²) < 4.78 is 2.03. The lowest BCUT2D eigenvalue weighted by atomic mass is 9.99. The van der Waals surface area contributed by atoms with Crippen molar-refractivity contribution in [2.45, 2.75) is 19.9 Å². The lowest BCUT2D eigenvalue weighted by Crippen LogP contribution is -2.04. The summed E-state index contributed by atoms with van der Waals surface area (Å²) in [7, 11) is 0. The van der Waals surface area contributed by atoms with Gasteiger partial charge in [0.2, 0.25) is 0 Å². The number of benzene rings is 2. The molecule has 0 amide bonds. The Morgan fingerprint density at radius 1 is 1.19 bits per heavy atom. The van der Waals surface area contributed by atoms with Crippen LogP contribution in [0.25, 0.3) is 11.1 Å². The van der Waals surface area contributed by atoms with Crippen molar-refractivity contribution in [2.24, 2.45) is 0 Å². The summed E-state index contributed by atoms with van der Waals surface area (Å²) >= 11 is 6.05. The predicted molar refractivity (Wildman–Crippen MR) is 104 cm³/mol. The molecule has 5 heteroatoms. The Kier molecular flexibility index (Phi) is 5.54. The summed E-state index contributed by atoms with van der Waals surface area (Å²) in [5.74, 6) is -0.0141. The Morgan fingerprint density at radius 2 is 1.92 bits per heavy atom. The van der Waals surface area contributed by atoms with E-state index in [2.05, 4.69) is 4.98 Å². The lowest BCUT2D eigenvalue weighted by Gasteiger charge is -2.09. The second-order valence-electron chi connectivity index (χ2n) is 5.93. The fourth-order valence-electron chi connectivity index (χ4n) is 2.85. The van der Waals surface area contributed by atoms with Gasteiger partial charge in [0.05, 0.1) is 5.56 Å². The molecule has 1 aromatic heterocycles. The van der Waals surface area contributed by atoms with Crippen molar-refractivity contribution in [3.8, 4) is 11.1 Å². The zero-order valence-corrected chi connectivity index (χ0v) is 15.1. The first kappa shape index (κ1) is 18.0. The van der Waals surface area contributed by atoms with Crippen LogP contribution >= 0.6 is 11.6 Å². The standard InChI is InChI=1S/C21H19ClN2O2/c1-2-3-8-20-23-19(22)14-24(20)13-15-9-11-16(12-10-15)17-6-4-5-7-18(17)21(25)26/h2-7,9-12,14H,8,13H2,1H3,(H,25,26). The minimum atomic E-state index is -0.925. The monoisotopic (exact) mass is 366 g/mol. The van der Waals surface area contributed by atoms with Crippen LogP contribution in [-0.4, -0.2) is 20.6 Å². The number of rotatable bonds is 6. The van der Waals surface area contributed by atoms with Crippen LogP contribution in [0.1, 0.15) is 28.7 Å². The molecule has 0 spiro atoms. The highest BCUT2D eigenvalue weighted by Crippen LogP contribution is 2.24. The molecule has 132 valence electrons. The Balaban J connectivity index is 1.84. The van der Waals surface area contributed by atoms with Crippen LogP contribution in [0.4, 0.5) is 0 Å². The maximum absolute atomic E-state index is 11.4. The molecule has 0 saturated carbocycles. The number of imidazole rings is 1. The molecular formula is C21H19ClN2O2. The van der Waals surface area contributed by atoms with E-state index in [1.807, 2.05) is 66.2 Å². The van der Waals surface area contributed by atoms with Gasteiger partial charge in [0.1, 0.15) is 11.0 Å². The molecule has 0 atom stereocenters. The summed E-state index contributed by atoms with van der Waals surface area (Å²) in [5.41, 5.74) is 2.99. The van der Waals surface area contributed by atoms with E-state index < -0.39 is 5.97 Å². The van der Waals surface area contributed by atoms with Gasteiger partial charge in [-0.15, -0.1) is 0 Å². The van der Waals surface area contributed by atoms with Gasteiger partial charge >= 0.3 is 5.97 Å². The Bertz CT molecular complexity index is 943. The molecule has 0 saturated heterocycles. The Labute approximate surface area is 157 Å². The molecule has 2 aromatic carbocycles. The van der Waals surface area contributed by atoms with Crippen molar-refractivity contribution < 1.29 is 9.90 Å². The van der Waals surface area contributed by atoms with Crippen LogP contribution in [0.15, 0.2) is 66.9 Å². The van der Waals surface area contributed by atoms with Crippen LogP contribution in [0.3, 0.4) is 0 Å². The van der Waals surface area contributed by atoms with Crippen LogP contribution < -0.4 is 0 Å². The molecule has 0 aliphatic carbocycles. The fraction of sp³-hybridized carbons (Fsp3) is 0.143. The van der Waals surface area contributed by atoms with E-state index >= 15 is 0 Å². The first-order valence-corrected chi connectivity index (χ1v) is 8.70. The van der Waals surface area contributed by atoms with E-state index in [9.17, 15) is 9.90 Å². The number of aromatic carboxylic acids is 1. The van der Waals surface area contributed by atoms with Gasteiger partial charge in [0.25, 0.3) is 0 Å². The van der Waals surface area contributed by atoms with Gasteiger partial charge in [0.15, 0.2) is 0 Å². The van der Waals surface area contributed by atoms with Crippen molar-refractivity contribution in [3.63, 3.8) is 0 Å². The lowest BCUT2D eigenvalue weighted by molar-refractivity contribution is 0.0697. The first-order chi connectivity index (χ1) is 12.6. The number of carboxylic acids is 1. The SMILES string of the molecule is CC=CCc1nc(Cl)cn1Cc1ccc(-c2ccccc2C(=O)O)cc1. The van der Waals surface area contributed by atoms with Gasteiger partial charge in [-0.3, -0.25) is 0 Å². The highest BCUT2D eigenvalue weighted by atomic mass is 35.5. The normalized spacial score (nSPS) is 11.2. The molecular weight excluding hydrogens is 348 g/mol. The van der Waals surface area contributed by atoms with E-state index in [4.69, 9.17) is 11.6 Å². The Morgan fingerprint density at radius 3 is 2.62 bits per heavy atom. The van der Waals surface area contributed by atoms with Gasteiger partial charge in [0, 0.05) is 19.2 Å². The van der Waals surface area contributed by atoms with Gasteiger partial charge in [-0.05, 0) is 29.7 Å². The highest BCUT2D eigenvalue weighted by molar-refractivity contribution is 6.29. The Hall–Kier alpha value is -2.85. The molecule has 0 radical (unpaired) electrons. The number of hydrogen-bond donors (Lipinski definition) is 1. The minimum absolute atomic E-state index is 0.301. The average Bonchev–Trinajstić information content (AvgIpc) is 2.99. The third-order valence-corrected chi connectivity index (χ3v) is 4.32. The number of carbonyl (C=O) groups is 1. The molecule has 1 heterocycles. The zero-order chi connectivity index (χ0) is 18.5. The predicted octanol–water partition coefficient (Wildman–Crippen LogP) is 5.07. The maximum atomic E-state index is 11.4.